The van der Waals surface area contributed by atoms with Gasteiger partial charge >= 0.3 is 5.97 Å². The first-order valence-electron chi connectivity index (χ1n) is 10.0. The minimum absolute atomic E-state index is 0.0432. The van der Waals surface area contributed by atoms with Gasteiger partial charge in [0.25, 0.3) is 0 Å². The first kappa shape index (κ1) is 21.9. The zero-order valence-electron chi connectivity index (χ0n) is 18.2. The maximum absolute atomic E-state index is 12.8. The van der Waals surface area contributed by atoms with E-state index in [-0.39, 0.29) is 41.2 Å². The number of carbonyl (C=O) groups is 2. The van der Waals surface area contributed by atoms with Crippen molar-refractivity contribution in [3.8, 4) is 17.1 Å². The van der Waals surface area contributed by atoms with Crippen molar-refractivity contribution in [2.45, 2.75) is 19.9 Å². The van der Waals surface area contributed by atoms with Gasteiger partial charge in [0.1, 0.15) is 23.0 Å². The van der Waals surface area contributed by atoms with Crippen LogP contribution in [0.25, 0.3) is 22.5 Å². The predicted octanol–water partition coefficient (Wildman–Crippen LogP) is 3.61. The number of carbonyl (C=O) groups excluding carboxylic acids is 2. The maximum atomic E-state index is 12.8. The summed E-state index contributed by atoms with van der Waals surface area (Å²) in [5.41, 5.74) is 1.05. The van der Waals surface area contributed by atoms with Gasteiger partial charge in [0, 0.05) is 11.6 Å². The molecule has 0 radical (unpaired) electrons. The van der Waals surface area contributed by atoms with Crippen LogP contribution in [0.15, 0.2) is 60.5 Å². The lowest BCUT2D eigenvalue weighted by Crippen LogP contribution is -2.24. The highest BCUT2D eigenvalue weighted by molar-refractivity contribution is 5.90. The number of benzene rings is 1. The molecule has 1 N–H and O–H groups in total. The van der Waals surface area contributed by atoms with Gasteiger partial charge in [-0.3, -0.25) is 9.59 Å². The SMILES string of the molecule is COC(=O)c1ccc(CNC(=O)Cc2c(-c3ccc(OC)cc3)oc3c(=O)cc(C)oc23)o1. The summed E-state index contributed by atoms with van der Waals surface area (Å²) in [4.78, 5) is 36.7. The van der Waals surface area contributed by atoms with Crippen LogP contribution in [-0.4, -0.2) is 26.1 Å². The third kappa shape index (κ3) is 4.52. The Hall–Kier alpha value is -4.27. The Morgan fingerprint density at radius 1 is 0.970 bits per heavy atom. The number of esters is 1. The van der Waals surface area contributed by atoms with E-state index in [1.807, 2.05) is 0 Å². The van der Waals surface area contributed by atoms with Crippen LogP contribution in [-0.2, 0) is 22.5 Å². The summed E-state index contributed by atoms with van der Waals surface area (Å²) in [5, 5.41) is 2.73. The summed E-state index contributed by atoms with van der Waals surface area (Å²) in [6.07, 6.45) is -0.106. The molecule has 170 valence electrons. The van der Waals surface area contributed by atoms with Gasteiger partial charge in [0.05, 0.1) is 32.7 Å². The summed E-state index contributed by atoms with van der Waals surface area (Å²) in [7, 11) is 2.81. The fourth-order valence-corrected chi connectivity index (χ4v) is 3.39. The molecule has 4 aromatic rings. The van der Waals surface area contributed by atoms with E-state index in [0.717, 1.165) is 0 Å². The van der Waals surface area contributed by atoms with Crippen LogP contribution in [0.5, 0.6) is 5.75 Å². The van der Waals surface area contributed by atoms with E-state index in [2.05, 4.69) is 10.1 Å². The van der Waals surface area contributed by atoms with Crippen LogP contribution in [0.3, 0.4) is 0 Å². The number of aryl methyl sites for hydroxylation is 1. The number of amides is 1. The van der Waals surface area contributed by atoms with E-state index < -0.39 is 5.97 Å². The molecule has 1 aromatic carbocycles. The minimum atomic E-state index is -0.605. The van der Waals surface area contributed by atoms with Gasteiger partial charge in [-0.2, -0.15) is 0 Å². The second kappa shape index (κ2) is 9.07. The molecular formula is C24H21NO8. The Bertz CT molecular complexity index is 1370. The molecule has 0 fully saturated rings. The predicted molar refractivity (Wildman–Crippen MR) is 117 cm³/mol. The van der Waals surface area contributed by atoms with E-state index in [9.17, 15) is 14.4 Å². The van der Waals surface area contributed by atoms with Crippen LogP contribution in [0.1, 0.15) is 27.6 Å². The van der Waals surface area contributed by atoms with Gasteiger partial charge in [-0.15, -0.1) is 0 Å². The van der Waals surface area contributed by atoms with E-state index in [1.165, 1.54) is 19.2 Å². The third-order valence-corrected chi connectivity index (χ3v) is 4.98. The highest BCUT2D eigenvalue weighted by Gasteiger charge is 2.23. The quantitative estimate of drug-likeness (QED) is 0.423. The van der Waals surface area contributed by atoms with E-state index >= 15 is 0 Å². The highest BCUT2D eigenvalue weighted by atomic mass is 16.5. The van der Waals surface area contributed by atoms with Gasteiger partial charge < -0.3 is 28.0 Å². The van der Waals surface area contributed by atoms with Crippen molar-refractivity contribution in [3.63, 3.8) is 0 Å². The van der Waals surface area contributed by atoms with Gasteiger partial charge in [-0.1, -0.05) is 0 Å². The van der Waals surface area contributed by atoms with Crippen LogP contribution >= 0.6 is 0 Å². The molecule has 0 saturated carbocycles. The van der Waals surface area contributed by atoms with Gasteiger partial charge in [0.15, 0.2) is 5.58 Å². The number of ether oxygens (including phenoxy) is 2. The number of furan rings is 2. The fraction of sp³-hybridized carbons (Fsp3) is 0.208. The number of hydrogen-bond donors (Lipinski definition) is 1. The summed E-state index contributed by atoms with van der Waals surface area (Å²) >= 11 is 0. The second-order valence-electron chi connectivity index (χ2n) is 7.23. The first-order valence-corrected chi connectivity index (χ1v) is 10.0. The largest absolute Gasteiger partial charge is 0.497 e. The normalized spacial score (nSPS) is 10.9. The molecule has 0 aliphatic carbocycles. The smallest absolute Gasteiger partial charge is 0.373 e. The fourth-order valence-electron chi connectivity index (χ4n) is 3.39. The van der Waals surface area contributed by atoms with Gasteiger partial charge in [-0.05, 0) is 43.3 Å². The lowest BCUT2D eigenvalue weighted by molar-refractivity contribution is -0.120. The van der Waals surface area contributed by atoms with Gasteiger partial charge in [0.2, 0.25) is 22.7 Å². The summed E-state index contributed by atoms with van der Waals surface area (Å²) in [6.45, 7) is 1.72. The maximum Gasteiger partial charge on any atom is 0.373 e. The standard InChI is InChI=1S/C24H21NO8/c1-13-10-18(26)23-22(31-13)17(21(33-23)14-4-6-15(29-2)7-5-14)11-20(27)25-12-16-8-9-19(32-16)24(28)30-3/h4-10H,11-12H2,1-3H3,(H,25,27). The number of rotatable bonds is 7. The molecule has 4 rings (SSSR count). The molecule has 1 amide bonds. The van der Waals surface area contributed by atoms with Crippen molar-refractivity contribution in [3.05, 3.63) is 75.5 Å². The molecule has 9 nitrogen and oxygen atoms in total. The number of methoxy groups -OCH3 is 2. The molecule has 0 aliphatic heterocycles. The van der Waals surface area contributed by atoms with Crippen LogP contribution in [0.4, 0.5) is 0 Å². The summed E-state index contributed by atoms with van der Waals surface area (Å²) < 4.78 is 26.8. The molecule has 0 unspecified atom stereocenters. The zero-order chi connectivity index (χ0) is 23.5. The highest BCUT2D eigenvalue weighted by Crippen LogP contribution is 2.34. The Labute approximate surface area is 187 Å². The topological polar surface area (TPSA) is 121 Å². The Morgan fingerprint density at radius 2 is 1.73 bits per heavy atom. The molecular weight excluding hydrogens is 430 g/mol. The summed E-state index contributed by atoms with van der Waals surface area (Å²) in [5.74, 6) is 0.895. The molecule has 3 heterocycles. The lowest BCUT2D eigenvalue weighted by Gasteiger charge is -2.06. The number of hydrogen-bond acceptors (Lipinski definition) is 8. The molecule has 0 atom stereocenters. The molecule has 0 bridgehead atoms. The number of nitrogens with one attached hydrogen (secondary N) is 1. The average molecular weight is 451 g/mol. The third-order valence-electron chi connectivity index (χ3n) is 4.98. The van der Waals surface area contributed by atoms with Crippen LogP contribution < -0.4 is 15.5 Å². The average Bonchev–Trinajstić information content (AvgIpc) is 3.43. The van der Waals surface area contributed by atoms with Crippen LogP contribution in [0, 0.1) is 6.92 Å². The second-order valence-corrected chi connectivity index (χ2v) is 7.23. The monoisotopic (exact) mass is 451 g/mol. The Morgan fingerprint density at radius 3 is 2.42 bits per heavy atom. The van der Waals surface area contributed by atoms with Crippen molar-refractivity contribution < 1.29 is 32.3 Å². The molecule has 3 aromatic heterocycles. The van der Waals surface area contributed by atoms with Crippen molar-refractivity contribution in [2.75, 3.05) is 14.2 Å². The van der Waals surface area contributed by atoms with E-state index in [1.54, 1.807) is 44.4 Å². The summed E-state index contributed by atoms with van der Waals surface area (Å²) in [6, 6.07) is 11.4. The van der Waals surface area contributed by atoms with Crippen molar-refractivity contribution in [1.29, 1.82) is 0 Å². The lowest BCUT2D eigenvalue weighted by atomic mass is 10.1. The Balaban J connectivity index is 1.62. The van der Waals surface area contributed by atoms with Crippen molar-refractivity contribution in [2.24, 2.45) is 0 Å². The Kier molecular flexibility index (Phi) is 6.03. The molecule has 9 heteroatoms. The molecule has 0 aliphatic rings. The first-order chi connectivity index (χ1) is 15.9. The van der Waals surface area contributed by atoms with Crippen molar-refractivity contribution in [1.82, 2.24) is 5.32 Å². The van der Waals surface area contributed by atoms with Gasteiger partial charge in [-0.25, -0.2) is 4.79 Å². The van der Waals surface area contributed by atoms with Crippen molar-refractivity contribution >= 4 is 23.0 Å². The minimum Gasteiger partial charge on any atom is -0.497 e. The molecule has 0 spiro atoms. The van der Waals surface area contributed by atoms with E-state index in [4.69, 9.17) is 18.0 Å². The molecule has 0 saturated heterocycles. The van der Waals surface area contributed by atoms with Crippen LogP contribution in [0.2, 0.25) is 0 Å². The van der Waals surface area contributed by atoms with E-state index in [0.29, 0.717) is 34.2 Å². The zero-order valence-corrected chi connectivity index (χ0v) is 18.2. The number of fused-ring (bicyclic) bond motifs is 1. The molecule has 33 heavy (non-hydrogen) atoms.